The minimum atomic E-state index is 0. The Bertz CT molecular complexity index is 595. The van der Waals surface area contributed by atoms with Crippen molar-refractivity contribution in [2.24, 2.45) is 4.99 Å². The zero-order chi connectivity index (χ0) is 20.2. The first kappa shape index (κ1) is 25.9. The van der Waals surface area contributed by atoms with Crippen molar-refractivity contribution in [1.82, 2.24) is 15.5 Å². The lowest BCUT2D eigenvalue weighted by Gasteiger charge is -2.24. The van der Waals surface area contributed by atoms with Crippen molar-refractivity contribution >= 4 is 29.9 Å². The van der Waals surface area contributed by atoms with Gasteiger partial charge in [0.2, 0.25) is 0 Å². The quantitative estimate of drug-likeness (QED) is 0.203. The highest BCUT2D eigenvalue weighted by Crippen LogP contribution is 2.22. The van der Waals surface area contributed by atoms with Gasteiger partial charge in [0.1, 0.15) is 5.75 Å². The van der Waals surface area contributed by atoms with Gasteiger partial charge in [0.25, 0.3) is 0 Å². The molecule has 0 radical (unpaired) electrons. The fraction of sp³-hybridized carbons (Fsp3) is 0.667. The molecule has 29 heavy (non-hydrogen) atoms. The van der Waals surface area contributed by atoms with E-state index < -0.39 is 0 Å². The molecule has 1 heterocycles. The molecule has 0 saturated carbocycles. The van der Waals surface area contributed by atoms with Crippen molar-refractivity contribution in [3.8, 4) is 5.75 Å². The molecule has 0 aromatic heterocycles. The number of hydrogen-bond acceptors (Lipinski definition) is 5. The number of likely N-dealkylation sites (N-methyl/N-ethyl adjacent to an activating group) is 1. The lowest BCUT2D eigenvalue weighted by Crippen LogP contribution is -2.39. The molecule has 1 aromatic carbocycles. The first-order valence-electron chi connectivity index (χ1n) is 10.2. The van der Waals surface area contributed by atoms with E-state index in [1.54, 1.807) is 7.11 Å². The second-order valence-corrected chi connectivity index (χ2v) is 7.11. The topological polar surface area (TPSA) is 67.4 Å². The Balaban J connectivity index is 0.00000420. The number of aliphatic imine (C=N–C) groups is 1. The van der Waals surface area contributed by atoms with Crippen molar-refractivity contribution in [2.45, 2.75) is 31.9 Å². The predicted octanol–water partition coefficient (Wildman–Crippen LogP) is 2.67. The fourth-order valence-electron chi connectivity index (χ4n) is 3.11. The molecule has 8 heteroatoms. The predicted molar refractivity (Wildman–Crippen MR) is 129 cm³/mol. The van der Waals surface area contributed by atoms with E-state index in [4.69, 9.17) is 19.2 Å². The maximum Gasteiger partial charge on any atom is 0.191 e. The van der Waals surface area contributed by atoms with Gasteiger partial charge in [0.05, 0.1) is 32.4 Å². The zero-order valence-electron chi connectivity index (χ0n) is 18.1. The lowest BCUT2D eigenvalue weighted by molar-refractivity contribution is 0.0420. The molecule has 1 aliphatic heterocycles. The average molecular weight is 520 g/mol. The Hall–Kier alpha value is -1.10. The Kier molecular flexibility index (Phi) is 13.2. The highest BCUT2D eigenvalue weighted by atomic mass is 127. The molecule has 1 aliphatic rings. The van der Waals surface area contributed by atoms with Crippen molar-refractivity contribution < 1.29 is 14.2 Å². The summed E-state index contributed by atoms with van der Waals surface area (Å²) in [5.74, 6) is 1.70. The normalized spacial score (nSPS) is 17.7. The summed E-state index contributed by atoms with van der Waals surface area (Å²) < 4.78 is 16.5. The van der Waals surface area contributed by atoms with Gasteiger partial charge in [-0.05, 0) is 51.6 Å². The van der Waals surface area contributed by atoms with E-state index in [-0.39, 0.29) is 36.1 Å². The molecule has 7 nitrogen and oxygen atoms in total. The molecular weight excluding hydrogens is 483 g/mol. The van der Waals surface area contributed by atoms with Crippen LogP contribution in [-0.4, -0.2) is 77.6 Å². The van der Waals surface area contributed by atoms with Crippen LogP contribution in [0, 0.1) is 0 Å². The van der Waals surface area contributed by atoms with Gasteiger partial charge in [-0.3, -0.25) is 4.99 Å². The third-order valence-electron chi connectivity index (χ3n) is 4.72. The smallest absolute Gasteiger partial charge is 0.191 e. The first-order valence-corrected chi connectivity index (χ1v) is 10.2. The molecule has 166 valence electrons. The van der Waals surface area contributed by atoms with E-state index in [2.05, 4.69) is 48.7 Å². The summed E-state index contributed by atoms with van der Waals surface area (Å²) in [5, 5.41) is 6.72. The SMILES string of the molecule is CCNC(=NCC(c1cccc(OC)c1)N(C)C)NCCCOC1CCOC1.I. The Labute approximate surface area is 192 Å². The van der Waals surface area contributed by atoms with Gasteiger partial charge < -0.3 is 29.7 Å². The van der Waals surface area contributed by atoms with Crippen LogP contribution in [0.5, 0.6) is 5.75 Å². The summed E-state index contributed by atoms with van der Waals surface area (Å²) in [6.45, 7) is 6.68. The van der Waals surface area contributed by atoms with Gasteiger partial charge in [-0.2, -0.15) is 0 Å². The number of rotatable bonds is 11. The standard InChI is InChI=1S/C21H36N4O3.HI/c1-5-22-21(23-11-7-12-28-19-10-13-27-16-19)24-15-20(25(2)3)17-8-6-9-18(14-17)26-4;/h6,8-9,14,19-20H,5,7,10-13,15-16H2,1-4H3,(H2,22,23,24);1H. The third-order valence-corrected chi connectivity index (χ3v) is 4.72. The van der Waals surface area contributed by atoms with Crippen LogP contribution in [-0.2, 0) is 9.47 Å². The van der Waals surface area contributed by atoms with Gasteiger partial charge >= 0.3 is 0 Å². The average Bonchev–Trinajstić information content (AvgIpc) is 3.21. The van der Waals surface area contributed by atoms with Crippen molar-refractivity contribution in [3.63, 3.8) is 0 Å². The second kappa shape index (κ2) is 14.8. The summed E-state index contributed by atoms with van der Waals surface area (Å²) >= 11 is 0. The summed E-state index contributed by atoms with van der Waals surface area (Å²) in [4.78, 5) is 6.97. The van der Waals surface area contributed by atoms with Gasteiger partial charge in [-0.25, -0.2) is 0 Å². The van der Waals surface area contributed by atoms with Crippen molar-refractivity contribution in [1.29, 1.82) is 0 Å². The molecule has 1 fully saturated rings. The van der Waals surface area contributed by atoms with Crippen LogP contribution in [0.2, 0.25) is 0 Å². The van der Waals surface area contributed by atoms with Gasteiger partial charge in [0.15, 0.2) is 5.96 Å². The number of methoxy groups -OCH3 is 1. The van der Waals surface area contributed by atoms with Gasteiger partial charge in [-0.15, -0.1) is 24.0 Å². The number of halogens is 1. The maximum atomic E-state index is 5.81. The van der Waals surface area contributed by atoms with Crippen LogP contribution in [0.3, 0.4) is 0 Å². The Morgan fingerprint density at radius 2 is 2.17 bits per heavy atom. The minimum Gasteiger partial charge on any atom is -0.497 e. The molecule has 1 saturated heterocycles. The molecule has 2 unspecified atom stereocenters. The summed E-state index contributed by atoms with van der Waals surface area (Å²) in [7, 11) is 5.84. The number of hydrogen-bond donors (Lipinski definition) is 2. The molecule has 1 aromatic rings. The monoisotopic (exact) mass is 520 g/mol. The molecule has 0 amide bonds. The highest BCUT2D eigenvalue weighted by molar-refractivity contribution is 14.0. The van der Waals surface area contributed by atoms with E-state index in [0.29, 0.717) is 6.54 Å². The molecule has 0 spiro atoms. The largest absolute Gasteiger partial charge is 0.497 e. The molecule has 0 bridgehead atoms. The zero-order valence-corrected chi connectivity index (χ0v) is 20.5. The van der Waals surface area contributed by atoms with Crippen molar-refractivity contribution in [2.75, 3.05) is 60.7 Å². The highest BCUT2D eigenvalue weighted by Gasteiger charge is 2.16. The third kappa shape index (κ3) is 9.50. The van der Waals surface area contributed by atoms with Crippen LogP contribution >= 0.6 is 24.0 Å². The van der Waals surface area contributed by atoms with E-state index in [9.17, 15) is 0 Å². The van der Waals surface area contributed by atoms with E-state index >= 15 is 0 Å². The lowest BCUT2D eigenvalue weighted by atomic mass is 10.1. The molecule has 2 rings (SSSR count). The first-order chi connectivity index (χ1) is 13.6. The van der Waals surface area contributed by atoms with Crippen LogP contribution in [0.15, 0.2) is 29.3 Å². The summed E-state index contributed by atoms with van der Waals surface area (Å²) in [5.41, 5.74) is 1.19. The van der Waals surface area contributed by atoms with Crippen LogP contribution in [0.25, 0.3) is 0 Å². The van der Waals surface area contributed by atoms with Gasteiger partial charge in [0, 0.05) is 26.3 Å². The van der Waals surface area contributed by atoms with E-state index in [1.165, 1.54) is 5.56 Å². The number of nitrogens with zero attached hydrogens (tertiary/aromatic N) is 2. The number of benzene rings is 1. The Morgan fingerprint density at radius 1 is 1.34 bits per heavy atom. The van der Waals surface area contributed by atoms with E-state index in [1.807, 2.05) is 12.1 Å². The molecule has 0 aliphatic carbocycles. The maximum absolute atomic E-state index is 5.81. The Morgan fingerprint density at radius 3 is 2.83 bits per heavy atom. The minimum absolute atomic E-state index is 0. The van der Waals surface area contributed by atoms with Gasteiger partial charge in [-0.1, -0.05) is 12.1 Å². The summed E-state index contributed by atoms with van der Waals surface area (Å²) in [6, 6.07) is 8.35. The molecule has 2 atom stereocenters. The second-order valence-electron chi connectivity index (χ2n) is 7.11. The molecular formula is C21H37IN4O3. The number of guanidine groups is 1. The number of ether oxygens (including phenoxy) is 3. The van der Waals surface area contributed by atoms with Crippen LogP contribution < -0.4 is 15.4 Å². The van der Waals surface area contributed by atoms with Crippen LogP contribution in [0.4, 0.5) is 0 Å². The van der Waals surface area contributed by atoms with Crippen LogP contribution in [0.1, 0.15) is 31.4 Å². The van der Waals surface area contributed by atoms with E-state index in [0.717, 1.165) is 57.5 Å². The fourth-order valence-corrected chi connectivity index (χ4v) is 3.11. The molecule has 2 N–H and O–H groups in total. The summed E-state index contributed by atoms with van der Waals surface area (Å²) in [6.07, 6.45) is 2.22. The van der Waals surface area contributed by atoms with Crippen molar-refractivity contribution in [3.05, 3.63) is 29.8 Å². The number of nitrogens with one attached hydrogen (secondary N) is 2.